The Hall–Kier alpha value is -4.21. The van der Waals surface area contributed by atoms with Crippen LogP contribution in [0.1, 0.15) is 74.6 Å². The highest BCUT2D eigenvalue weighted by Crippen LogP contribution is 2.35. The lowest BCUT2D eigenvalue weighted by atomic mass is 9.99. The van der Waals surface area contributed by atoms with Crippen LogP contribution in [0, 0.1) is 13.8 Å². The van der Waals surface area contributed by atoms with Crippen LogP contribution in [-0.2, 0) is 4.79 Å². The van der Waals surface area contributed by atoms with E-state index in [0.29, 0.717) is 34.0 Å². The molecule has 3 aromatic rings. The molecule has 1 unspecified atom stereocenters. The van der Waals surface area contributed by atoms with Gasteiger partial charge in [-0.1, -0.05) is 30.3 Å². The molecule has 44 heavy (non-hydrogen) atoms. The largest absolute Gasteiger partial charge is 0.358 e. The maximum Gasteiger partial charge on any atom is 0.256 e. The summed E-state index contributed by atoms with van der Waals surface area (Å²) in [5.74, 6) is -0.403. The number of benzene rings is 2. The second kappa shape index (κ2) is 12.4. The number of H-pyrrole nitrogens is 1. The van der Waals surface area contributed by atoms with Gasteiger partial charge in [0.1, 0.15) is 0 Å². The van der Waals surface area contributed by atoms with Crippen LogP contribution in [0.2, 0.25) is 0 Å². The third kappa shape index (κ3) is 5.94. The maximum absolute atomic E-state index is 13.7. The summed E-state index contributed by atoms with van der Waals surface area (Å²) in [5.41, 5.74) is 6.30. The summed E-state index contributed by atoms with van der Waals surface area (Å²) in [6.45, 7) is 11.7. The van der Waals surface area contributed by atoms with Gasteiger partial charge in [0.05, 0.1) is 17.2 Å². The van der Waals surface area contributed by atoms with Gasteiger partial charge in [0.25, 0.3) is 17.7 Å². The van der Waals surface area contributed by atoms with E-state index >= 15 is 0 Å². The predicted octanol–water partition coefficient (Wildman–Crippen LogP) is 4.47. The lowest BCUT2D eigenvalue weighted by Gasteiger charge is -2.42. The minimum Gasteiger partial charge on any atom is -0.358 e. The number of carbonyl (C=O) groups excluding carboxylic acids is 3. The van der Waals surface area contributed by atoms with Crippen LogP contribution >= 0.6 is 0 Å². The first-order valence-corrected chi connectivity index (χ1v) is 15.6. The van der Waals surface area contributed by atoms with Gasteiger partial charge in [0.15, 0.2) is 0 Å². The molecule has 0 aliphatic carbocycles. The van der Waals surface area contributed by atoms with Gasteiger partial charge in [-0.3, -0.25) is 19.3 Å². The highest BCUT2D eigenvalue weighted by molar-refractivity contribution is 6.35. The second-order valence-electron chi connectivity index (χ2n) is 12.4. The molecule has 9 nitrogen and oxygen atoms in total. The summed E-state index contributed by atoms with van der Waals surface area (Å²) in [5, 5.41) is 5.96. The summed E-state index contributed by atoms with van der Waals surface area (Å²) >= 11 is 0. The van der Waals surface area contributed by atoms with Crippen molar-refractivity contribution in [1.82, 2.24) is 25.0 Å². The highest BCUT2D eigenvalue weighted by atomic mass is 16.2. The Kier molecular flexibility index (Phi) is 8.42. The lowest BCUT2D eigenvalue weighted by Crippen LogP contribution is -2.53. The fraction of sp³-hybridized carbons (Fsp3) is 0.400. The van der Waals surface area contributed by atoms with Gasteiger partial charge in [-0.25, -0.2) is 0 Å². The van der Waals surface area contributed by atoms with E-state index in [9.17, 15) is 14.4 Å². The van der Waals surface area contributed by atoms with E-state index in [2.05, 4.69) is 32.5 Å². The van der Waals surface area contributed by atoms with Crippen LogP contribution in [0.5, 0.6) is 0 Å². The smallest absolute Gasteiger partial charge is 0.256 e. The van der Waals surface area contributed by atoms with E-state index in [1.165, 1.54) is 0 Å². The molecule has 1 aromatic heterocycles. The van der Waals surface area contributed by atoms with E-state index in [-0.39, 0.29) is 23.8 Å². The van der Waals surface area contributed by atoms with Gasteiger partial charge >= 0.3 is 0 Å². The number of likely N-dealkylation sites (tertiary alicyclic amines) is 1. The Morgan fingerprint density at radius 2 is 1.68 bits per heavy atom. The molecule has 9 heteroatoms. The number of amides is 3. The van der Waals surface area contributed by atoms with E-state index in [4.69, 9.17) is 0 Å². The number of aromatic amines is 1. The number of carbonyl (C=O) groups is 3. The molecule has 2 aromatic carbocycles. The number of piperazine rings is 1. The minimum absolute atomic E-state index is 0.0421. The van der Waals surface area contributed by atoms with E-state index in [1.807, 2.05) is 56.0 Å². The van der Waals surface area contributed by atoms with Gasteiger partial charge in [-0.15, -0.1) is 0 Å². The fourth-order valence-electron chi connectivity index (χ4n) is 6.74. The van der Waals surface area contributed by atoms with Crippen molar-refractivity contribution >= 4 is 35.1 Å². The number of likely N-dealkylation sites (N-methyl/N-ethyl adjacent to an activating group) is 1. The number of hydrogen-bond donors (Lipinski definition) is 3. The van der Waals surface area contributed by atoms with Crippen molar-refractivity contribution in [2.75, 3.05) is 51.6 Å². The van der Waals surface area contributed by atoms with Crippen molar-refractivity contribution in [2.24, 2.45) is 0 Å². The molecule has 0 saturated carbocycles. The number of nitrogens with zero attached hydrogens (tertiary/aromatic N) is 3. The van der Waals surface area contributed by atoms with Gasteiger partial charge in [0, 0.05) is 73.5 Å². The molecule has 1 atom stereocenters. The average molecular weight is 595 g/mol. The van der Waals surface area contributed by atoms with E-state index < -0.39 is 0 Å². The lowest BCUT2D eigenvalue weighted by molar-refractivity contribution is -0.110. The number of piperidine rings is 1. The summed E-state index contributed by atoms with van der Waals surface area (Å²) in [4.78, 5) is 50.2. The third-order valence-corrected chi connectivity index (χ3v) is 9.50. The maximum atomic E-state index is 13.7. The Labute approximate surface area is 259 Å². The molecule has 0 radical (unpaired) electrons. The van der Waals surface area contributed by atoms with Gasteiger partial charge < -0.3 is 25.4 Å². The van der Waals surface area contributed by atoms with E-state index in [1.54, 1.807) is 24.3 Å². The molecular formula is C35H42N6O3. The molecule has 3 aliphatic heterocycles. The van der Waals surface area contributed by atoms with Crippen molar-refractivity contribution in [3.63, 3.8) is 0 Å². The van der Waals surface area contributed by atoms with Crippen LogP contribution in [0.25, 0.3) is 11.6 Å². The topological polar surface area (TPSA) is 101 Å². The zero-order chi connectivity index (χ0) is 31.0. The first-order valence-electron chi connectivity index (χ1n) is 15.6. The summed E-state index contributed by atoms with van der Waals surface area (Å²) < 4.78 is 0. The monoisotopic (exact) mass is 594 g/mol. The molecule has 0 bridgehead atoms. The quantitative estimate of drug-likeness (QED) is 0.366. The normalized spacial score (nSPS) is 19.6. The zero-order valence-corrected chi connectivity index (χ0v) is 26.1. The van der Waals surface area contributed by atoms with Crippen LogP contribution < -0.4 is 10.6 Å². The number of aryl methyl sites for hydroxylation is 1. The Balaban J connectivity index is 1.18. The molecule has 3 amide bonds. The fourth-order valence-corrected chi connectivity index (χ4v) is 6.74. The number of aromatic nitrogens is 1. The van der Waals surface area contributed by atoms with Crippen molar-refractivity contribution in [1.29, 1.82) is 0 Å². The van der Waals surface area contributed by atoms with Crippen LogP contribution in [-0.4, -0.2) is 89.8 Å². The molecule has 2 saturated heterocycles. The number of anilines is 1. The molecule has 2 fully saturated rings. The first-order chi connectivity index (χ1) is 21.2. The molecule has 6 rings (SSSR count). The van der Waals surface area contributed by atoms with Crippen LogP contribution in [0.4, 0.5) is 5.69 Å². The highest BCUT2D eigenvalue weighted by Gasteiger charge is 2.31. The second-order valence-corrected chi connectivity index (χ2v) is 12.4. The Morgan fingerprint density at radius 3 is 2.39 bits per heavy atom. The van der Waals surface area contributed by atoms with Crippen molar-refractivity contribution in [3.8, 4) is 0 Å². The third-order valence-electron chi connectivity index (χ3n) is 9.50. The standard InChI is InChI=1S/C35H42N6O3/c1-22-31(36-24(3)32(22)35(44)41-14-12-27(13-15-41)40-18-16-39(4)17-19-40)21-29-28-20-26(10-11-30(28)38-34(29)43)33(42)37-23(2)25-8-6-5-7-9-25/h5-11,20-21,23,27,36H,12-19H2,1-4H3,(H,37,42)(H,38,43). The zero-order valence-electron chi connectivity index (χ0n) is 26.1. The molecule has 3 aliphatic rings. The Morgan fingerprint density at radius 1 is 0.977 bits per heavy atom. The summed E-state index contributed by atoms with van der Waals surface area (Å²) in [6.07, 6.45) is 3.78. The van der Waals surface area contributed by atoms with Gasteiger partial charge in [-0.05, 0) is 76.1 Å². The van der Waals surface area contributed by atoms with Crippen molar-refractivity contribution in [3.05, 3.63) is 87.7 Å². The summed E-state index contributed by atoms with van der Waals surface area (Å²) in [7, 11) is 2.17. The van der Waals surface area contributed by atoms with Crippen molar-refractivity contribution in [2.45, 2.75) is 45.7 Å². The average Bonchev–Trinajstić information content (AvgIpc) is 3.50. The molecule has 0 spiro atoms. The van der Waals surface area contributed by atoms with E-state index in [0.717, 1.165) is 74.6 Å². The molecular weight excluding hydrogens is 552 g/mol. The SMILES string of the molecule is Cc1[nH]c(C=C2C(=O)Nc3ccc(C(=O)NC(C)c4ccccc4)cc32)c(C)c1C(=O)N1CCC(N2CCN(C)CC2)CC1. The Bertz CT molecular complexity index is 1590. The first kappa shape index (κ1) is 29.8. The molecule has 4 heterocycles. The number of hydrogen-bond acceptors (Lipinski definition) is 5. The molecule has 230 valence electrons. The molecule has 3 N–H and O–H groups in total. The predicted molar refractivity (Wildman–Crippen MR) is 174 cm³/mol. The number of nitrogens with one attached hydrogen (secondary N) is 3. The van der Waals surface area contributed by atoms with Crippen LogP contribution in [0.15, 0.2) is 48.5 Å². The number of rotatable bonds is 6. The van der Waals surface area contributed by atoms with Gasteiger partial charge in [-0.2, -0.15) is 0 Å². The number of fused-ring (bicyclic) bond motifs is 1. The summed E-state index contributed by atoms with van der Waals surface area (Å²) in [6, 6.07) is 15.4. The van der Waals surface area contributed by atoms with Crippen molar-refractivity contribution < 1.29 is 14.4 Å². The van der Waals surface area contributed by atoms with Crippen LogP contribution in [0.3, 0.4) is 0 Å². The minimum atomic E-state index is -0.235. The van der Waals surface area contributed by atoms with Gasteiger partial charge in [0.2, 0.25) is 0 Å².